The lowest BCUT2D eigenvalue weighted by Gasteiger charge is -2.24. The highest BCUT2D eigenvalue weighted by molar-refractivity contribution is 6.06. The quantitative estimate of drug-likeness (QED) is 0.854. The van der Waals surface area contributed by atoms with Crippen LogP contribution in [0.1, 0.15) is 24.2 Å². The van der Waals surface area contributed by atoms with E-state index < -0.39 is 17.9 Å². The third kappa shape index (κ3) is 3.44. The number of aliphatic hydroxyl groups excluding tert-OH is 1. The predicted octanol–water partition coefficient (Wildman–Crippen LogP) is 0.781. The number of pyridine rings is 1. The summed E-state index contributed by atoms with van der Waals surface area (Å²) < 4.78 is 12.6. The fourth-order valence-electron chi connectivity index (χ4n) is 3.01. The zero-order chi connectivity index (χ0) is 18.2. The third-order valence-electron chi connectivity index (χ3n) is 4.33. The van der Waals surface area contributed by atoms with Gasteiger partial charge in [-0.2, -0.15) is 0 Å². The van der Waals surface area contributed by atoms with Crippen LogP contribution in [-0.2, 0) is 16.5 Å². The number of aryl methyl sites for hydroxylation is 1. The molecule has 134 valence electrons. The molecule has 0 bridgehead atoms. The van der Waals surface area contributed by atoms with Gasteiger partial charge in [-0.1, -0.05) is 18.2 Å². The third-order valence-corrected chi connectivity index (χ3v) is 4.33. The molecule has 0 radical (unpaired) electrons. The second-order valence-electron chi connectivity index (χ2n) is 6.63. The van der Waals surface area contributed by atoms with Crippen LogP contribution in [0.15, 0.2) is 35.3 Å². The SMILES string of the molecule is Cn1cc(C(=O)N[C@@H](CO)[C@@H]2COC(C)(C)O2)c2ccccc2c1=O. The van der Waals surface area contributed by atoms with Gasteiger partial charge in [0, 0.05) is 24.0 Å². The molecule has 2 N–H and O–H groups in total. The first-order chi connectivity index (χ1) is 11.8. The molecule has 1 aliphatic heterocycles. The lowest BCUT2D eigenvalue weighted by Crippen LogP contribution is -2.47. The first-order valence-corrected chi connectivity index (χ1v) is 8.14. The predicted molar refractivity (Wildman–Crippen MR) is 92.4 cm³/mol. The van der Waals surface area contributed by atoms with E-state index in [1.54, 1.807) is 45.2 Å². The van der Waals surface area contributed by atoms with E-state index in [1.807, 2.05) is 0 Å². The van der Waals surface area contributed by atoms with Crippen LogP contribution >= 0.6 is 0 Å². The van der Waals surface area contributed by atoms with Crippen molar-refractivity contribution >= 4 is 16.7 Å². The van der Waals surface area contributed by atoms with Crippen molar-refractivity contribution in [2.45, 2.75) is 31.8 Å². The number of amides is 1. The molecule has 2 aromatic rings. The lowest BCUT2D eigenvalue weighted by molar-refractivity contribution is -0.142. The molecule has 7 nitrogen and oxygen atoms in total. The number of aliphatic hydroxyl groups is 1. The average molecular weight is 346 g/mol. The Labute approximate surface area is 145 Å². The maximum atomic E-state index is 12.8. The van der Waals surface area contributed by atoms with Crippen molar-refractivity contribution < 1.29 is 19.4 Å². The molecule has 2 atom stereocenters. The molecule has 3 rings (SSSR count). The van der Waals surface area contributed by atoms with Gasteiger partial charge in [-0.05, 0) is 19.9 Å². The van der Waals surface area contributed by atoms with Crippen LogP contribution in [0.4, 0.5) is 0 Å². The maximum absolute atomic E-state index is 12.8. The number of aromatic nitrogens is 1. The van der Waals surface area contributed by atoms with Crippen molar-refractivity contribution in [1.82, 2.24) is 9.88 Å². The van der Waals surface area contributed by atoms with E-state index in [1.165, 1.54) is 10.8 Å². The van der Waals surface area contributed by atoms with Gasteiger partial charge in [-0.3, -0.25) is 9.59 Å². The molecule has 0 saturated carbocycles. The number of rotatable bonds is 4. The van der Waals surface area contributed by atoms with Gasteiger partial charge in [0.05, 0.1) is 24.8 Å². The molecule has 1 amide bonds. The number of nitrogens with one attached hydrogen (secondary N) is 1. The van der Waals surface area contributed by atoms with Gasteiger partial charge in [-0.25, -0.2) is 0 Å². The van der Waals surface area contributed by atoms with Gasteiger partial charge >= 0.3 is 0 Å². The van der Waals surface area contributed by atoms with Gasteiger partial charge in [0.1, 0.15) is 6.10 Å². The van der Waals surface area contributed by atoms with Crippen molar-refractivity contribution in [3.05, 3.63) is 46.4 Å². The Bertz CT molecular complexity index is 858. The molecular weight excluding hydrogens is 324 g/mol. The molecule has 0 unspecified atom stereocenters. The topological polar surface area (TPSA) is 89.8 Å². The summed E-state index contributed by atoms with van der Waals surface area (Å²) in [5.74, 6) is -1.12. The number of carbonyl (C=O) groups excluding carboxylic acids is 1. The van der Waals surface area contributed by atoms with E-state index >= 15 is 0 Å². The molecule has 1 saturated heterocycles. The average Bonchev–Trinajstić information content (AvgIpc) is 2.95. The summed E-state index contributed by atoms with van der Waals surface area (Å²) in [5.41, 5.74) is 0.203. The first kappa shape index (κ1) is 17.6. The van der Waals surface area contributed by atoms with E-state index in [4.69, 9.17) is 9.47 Å². The minimum Gasteiger partial charge on any atom is -0.394 e. The number of hydrogen-bond acceptors (Lipinski definition) is 5. The highest BCUT2D eigenvalue weighted by atomic mass is 16.7. The molecule has 0 aliphatic carbocycles. The van der Waals surface area contributed by atoms with Crippen LogP contribution in [0.5, 0.6) is 0 Å². The summed E-state index contributed by atoms with van der Waals surface area (Å²) in [6.45, 7) is 3.57. The Kier molecular flexibility index (Phi) is 4.64. The van der Waals surface area contributed by atoms with Crippen molar-refractivity contribution in [1.29, 1.82) is 0 Å². The zero-order valence-electron chi connectivity index (χ0n) is 14.5. The lowest BCUT2D eigenvalue weighted by atomic mass is 10.1. The van der Waals surface area contributed by atoms with Gasteiger partial charge in [-0.15, -0.1) is 0 Å². The molecular formula is C18H22N2O5. The summed E-state index contributed by atoms with van der Waals surface area (Å²) in [6.07, 6.45) is 1.06. The molecule has 2 heterocycles. The number of ether oxygens (including phenoxy) is 2. The van der Waals surface area contributed by atoms with E-state index in [2.05, 4.69) is 5.32 Å². The first-order valence-electron chi connectivity index (χ1n) is 8.14. The molecule has 25 heavy (non-hydrogen) atoms. The molecule has 7 heteroatoms. The Morgan fingerprint density at radius 3 is 2.68 bits per heavy atom. The van der Waals surface area contributed by atoms with Crippen molar-refractivity contribution in [2.24, 2.45) is 7.05 Å². The number of benzene rings is 1. The van der Waals surface area contributed by atoms with Crippen LogP contribution in [0.25, 0.3) is 10.8 Å². The van der Waals surface area contributed by atoms with Gasteiger partial charge in [0.15, 0.2) is 5.79 Å². The zero-order valence-corrected chi connectivity index (χ0v) is 14.5. The number of nitrogens with zero attached hydrogens (tertiary/aromatic N) is 1. The second-order valence-corrected chi connectivity index (χ2v) is 6.63. The van der Waals surface area contributed by atoms with Crippen LogP contribution in [0.2, 0.25) is 0 Å². The highest BCUT2D eigenvalue weighted by Gasteiger charge is 2.38. The largest absolute Gasteiger partial charge is 0.394 e. The van der Waals surface area contributed by atoms with Crippen molar-refractivity contribution in [3.63, 3.8) is 0 Å². The van der Waals surface area contributed by atoms with Gasteiger partial charge < -0.3 is 24.5 Å². The van der Waals surface area contributed by atoms with Gasteiger partial charge in [0.2, 0.25) is 0 Å². The van der Waals surface area contributed by atoms with Crippen molar-refractivity contribution in [2.75, 3.05) is 13.2 Å². The summed E-state index contributed by atoms with van der Waals surface area (Å²) in [5, 5.41) is 13.5. The Balaban J connectivity index is 1.90. The molecule has 1 fully saturated rings. The van der Waals surface area contributed by atoms with Crippen LogP contribution in [0.3, 0.4) is 0 Å². The summed E-state index contributed by atoms with van der Waals surface area (Å²) in [7, 11) is 1.60. The fraction of sp³-hybridized carbons (Fsp3) is 0.444. The van der Waals surface area contributed by atoms with Crippen LogP contribution in [0, 0.1) is 0 Å². The minimum absolute atomic E-state index is 0.167. The number of carbonyl (C=O) groups is 1. The molecule has 1 aromatic carbocycles. The normalized spacial score (nSPS) is 20.6. The van der Waals surface area contributed by atoms with Crippen LogP contribution < -0.4 is 10.9 Å². The second kappa shape index (κ2) is 6.59. The number of fused-ring (bicyclic) bond motifs is 1. The number of hydrogen-bond donors (Lipinski definition) is 2. The highest BCUT2D eigenvalue weighted by Crippen LogP contribution is 2.24. The molecule has 1 aromatic heterocycles. The van der Waals surface area contributed by atoms with Crippen molar-refractivity contribution in [3.8, 4) is 0 Å². The van der Waals surface area contributed by atoms with E-state index in [-0.39, 0.29) is 24.7 Å². The standard InChI is InChI=1S/C18H22N2O5/c1-18(2)24-10-15(25-18)14(9-21)19-16(22)13-8-20(3)17(23)12-7-5-4-6-11(12)13/h4-8,14-15,21H,9-10H2,1-3H3,(H,19,22)/t14-,15-/m0/s1. The summed E-state index contributed by atoms with van der Waals surface area (Å²) in [6, 6.07) is 6.35. The smallest absolute Gasteiger partial charge is 0.258 e. The van der Waals surface area contributed by atoms with Crippen LogP contribution in [-0.4, -0.2) is 46.7 Å². The Hall–Kier alpha value is -2.22. The maximum Gasteiger partial charge on any atom is 0.258 e. The van der Waals surface area contributed by atoms with Gasteiger partial charge in [0.25, 0.3) is 11.5 Å². The van der Waals surface area contributed by atoms with E-state index in [0.29, 0.717) is 16.3 Å². The Morgan fingerprint density at radius 2 is 2.08 bits per heavy atom. The molecule has 1 aliphatic rings. The monoisotopic (exact) mass is 346 g/mol. The molecule has 0 spiro atoms. The minimum atomic E-state index is -0.744. The Morgan fingerprint density at radius 1 is 1.40 bits per heavy atom. The van der Waals surface area contributed by atoms with E-state index in [9.17, 15) is 14.7 Å². The fourth-order valence-corrected chi connectivity index (χ4v) is 3.01. The van der Waals surface area contributed by atoms with E-state index in [0.717, 1.165) is 0 Å². The summed E-state index contributed by atoms with van der Waals surface area (Å²) in [4.78, 5) is 25.0. The summed E-state index contributed by atoms with van der Waals surface area (Å²) >= 11 is 0.